The molecule has 0 saturated carbocycles. The Morgan fingerprint density at radius 2 is 1.87 bits per heavy atom. The fraction of sp³-hybridized carbons (Fsp3) is 0.0909. The molecule has 0 aliphatic carbocycles. The zero-order valence-electron chi connectivity index (χ0n) is 16.1. The summed E-state index contributed by atoms with van der Waals surface area (Å²) in [6.07, 6.45) is 1.72. The molecule has 2 amide bonds. The van der Waals surface area contributed by atoms with Gasteiger partial charge in [-0.2, -0.15) is 0 Å². The third-order valence-corrected chi connectivity index (χ3v) is 5.76. The van der Waals surface area contributed by atoms with Crippen LogP contribution in [0.4, 0.5) is 5.13 Å². The van der Waals surface area contributed by atoms with Gasteiger partial charge < -0.3 is 9.73 Å². The number of furan rings is 1. The van der Waals surface area contributed by atoms with Crippen molar-refractivity contribution in [1.82, 2.24) is 15.5 Å². The highest BCUT2D eigenvalue weighted by molar-refractivity contribution is 9.10. The van der Waals surface area contributed by atoms with Gasteiger partial charge in [0.05, 0.1) is 6.26 Å². The molecule has 156 valence electrons. The van der Waals surface area contributed by atoms with Gasteiger partial charge in [0, 0.05) is 16.5 Å². The standard InChI is InChI=1S/C22H17BrN4O3S/c23-16-9-4-8-15(13-16)21-26-27-22(31-21)25-19(28)17(12-14-6-2-1-3-7-14)24-20(29)18-10-5-11-30-18/h1-11,13,17H,12H2,(H,24,29)(H,25,27,28). The Bertz CT molecular complexity index is 1180. The first kappa shape index (κ1) is 21.0. The summed E-state index contributed by atoms with van der Waals surface area (Å²) >= 11 is 4.69. The van der Waals surface area contributed by atoms with Crippen molar-refractivity contribution in [1.29, 1.82) is 0 Å². The van der Waals surface area contributed by atoms with Crippen molar-refractivity contribution in [3.05, 3.63) is 88.8 Å². The van der Waals surface area contributed by atoms with Gasteiger partial charge in [-0.3, -0.25) is 14.9 Å². The number of anilines is 1. The van der Waals surface area contributed by atoms with E-state index in [0.717, 1.165) is 15.6 Å². The van der Waals surface area contributed by atoms with Crippen molar-refractivity contribution >= 4 is 44.2 Å². The van der Waals surface area contributed by atoms with E-state index in [1.54, 1.807) is 12.1 Å². The molecule has 7 nitrogen and oxygen atoms in total. The van der Waals surface area contributed by atoms with Crippen LogP contribution in [0.2, 0.25) is 0 Å². The Kier molecular flexibility index (Phi) is 6.54. The van der Waals surface area contributed by atoms with Gasteiger partial charge in [-0.15, -0.1) is 10.2 Å². The van der Waals surface area contributed by atoms with Crippen molar-refractivity contribution < 1.29 is 14.0 Å². The number of benzene rings is 2. The molecule has 1 atom stereocenters. The van der Waals surface area contributed by atoms with E-state index in [1.165, 1.54) is 17.6 Å². The molecule has 0 radical (unpaired) electrons. The normalized spacial score (nSPS) is 11.6. The quantitative estimate of drug-likeness (QED) is 0.391. The highest BCUT2D eigenvalue weighted by Gasteiger charge is 2.24. The molecule has 0 bridgehead atoms. The van der Waals surface area contributed by atoms with Gasteiger partial charge in [-0.25, -0.2) is 0 Å². The third-order valence-electron chi connectivity index (χ3n) is 4.38. The molecule has 2 aromatic heterocycles. The molecule has 9 heteroatoms. The molecule has 0 aliphatic heterocycles. The SMILES string of the molecule is O=C(NC(Cc1ccccc1)C(=O)Nc1nnc(-c2cccc(Br)c2)s1)c1ccco1. The molecule has 4 rings (SSSR count). The van der Waals surface area contributed by atoms with Gasteiger partial charge >= 0.3 is 0 Å². The van der Waals surface area contributed by atoms with Crippen molar-refractivity contribution in [2.75, 3.05) is 5.32 Å². The van der Waals surface area contributed by atoms with Gasteiger partial charge in [0.15, 0.2) is 5.76 Å². The highest BCUT2D eigenvalue weighted by Crippen LogP contribution is 2.28. The van der Waals surface area contributed by atoms with E-state index in [0.29, 0.717) is 16.6 Å². The van der Waals surface area contributed by atoms with Crippen LogP contribution < -0.4 is 10.6 Å². The maximum absolute atomic E-state index is 13.0. The lowest BCUT2D eigenvalue weighted by molar-refractivity contribution is -0.118. The predicted molar refractivity (Wildman–Crippen MR) is 122 cm³/mol. The van der Waals surface area contributed by atoms with E-state index < -0.39 is 11.9 Å². The second-order valence-corrected chi connectivity index (χ2v) is 8.50. The molecular weight excluding hydrogens is 480 g/mol. The number of carbonyl (C=O) groups excluding carboxylic acids is 2. The average Bonchev–Trinajstić information content (AvgIpc) is 3.46. The number of carbonyl (C=O) groups is 2. The van der Waals surface area contributed by atoms with Gasteiger partial charge in [0.25, 0.3) is 5.91 Å². The van der Waals surface area contributed by atoms with Crippen LogP contribution in [0.3, 0.4) is 0 Å². The van der Waals surface area contributed by atoms with E-state index in [2.05, 4.69) is 36.8 Å². The Morgan fingerprint density at radius 1 is 1.03 bits per heavy atom. The molecule has 4 aromatic rings. The van der Waals surface area contributed by atoms with Crippen LogP contribution in [0.25, 0.3) is 10.6 Å². The molecule has 2 N–H and O–H groups in total. The largest absolute Gasteiger partial charge is 0.459 e. The summed E-state index contributed by atoms with van der Waals surface area (Å²) in [5, 5.41) is 14.8. The second-order valence-electron chi connectivity index (χ2n) is 6.61. The van der Waals surface area contributed by atoms with Crippen molar-refractivity contribution in [2.24, 2.45) is 0 Å². The molecule has 0 spiro atoms. The van der Waals surface area contributed by atoms with Crippen LogP contribution in [0.1, 0.15) is 16.1 Å². The maximum atomic E-state index is 13.0. The van der Waals surface area contributed by atoms with Crippen LogP contribution in [-0.4, -0.2) is 28.1 Å². The number of halogens is 1. The van der Waals surface area contributed by atoms with Gasteiger partial charge in [0.1, 0.15) is 11.0 Å². The van der Waals surface area contributed by atoms with Gasteiger partial charge in [-0.05, 0) is 29.8 Å². The molecule has 2 heterocycles. The zero-order chi connectivity index (χ0) is 21.6. The molecule has 1 unspecified atom stereocenters. The Labute approximate surface area is 190 Å². The van der Waals surface area contributed by atoms with Crippen LogP contribution in [0, 0.1) is 0 Å². The fourth-order valence-electron chi connectivity index (χ4n) is 2.90. The minimum absolute atomic E-state index is 0.138. The lowest BCUT2D eigenvalue weighted by Crippen LogP contribution is -2.45. The average molecular weight is 497 g/mol. The van der Waals surface area contributed by atoms with E-state index in [1.807, 2.05) is 54.6 Å². The number of aromatic nitrogens is 2. The topological polar surface area (TPSA) is 97.1 Å². The first-order chi connectivity index (χ1) is 15.1. The second kappa shape index (κ2) is 9.67. The summed E-state index contributed by atoms with van der Waals surface area (Å²) in [6.45, 7) is 0. The van der Waals surface area contributed by atoms with E-state index in [9.17, 15) is 9.59 Å². The number of rotatable bonds is 7. The van der Waals surface area contributed by atoms with Crippen LogP contribution in [0.5, 0.6) is 0 Å². The monoisotopic (exact) mass is 496 g/mol. The summed E-state index contributed by atoms with van der Waals surface area (Å²) in [5.74, 6) is -0.715. The van der Waals surface area contributed by atoms with Crippen LogP contribution in [0.15, 0.2) is 81.9 Å². The molecule has 0 fully saturated rings. The number of amides is 2. The molecular formula is C22H17BrN4O3S. The third kappa shape index (κ3) is 5.44. The number of hydrogen-bond donors (Lipinski definition) is 2. The Hall–Kier alpha value is -3.30. The predicted octanol–water partition coefficient (Wildman–Crippen LogP) is 4.54. The molecule has 0 saturated heterocycles. The Balaban J connectivity index is 1.50. The van der Waals surface area contributed by atoms with Crippen molar-refractivity contribution in [2.45, 2.75) is 12.5 Å². The molecule has 0 aliphatic rings. The number of hydrogen-bond acceptors (Lipinski definition) is 6. The smallest absolute Gasteiger partial charge is 0.287 e. The van der Waals surface area contributed by atoms with E-state index in [4.69, 9.17) is 4.42 Å². The number of nitrogens with one attached hydrogen (secondary N) is 2. The van der Waals surface area contributed by atoms with Gasteiger partial charge in [0.2, 0.25) is 11.0 Å². The minimum atomic E-state index is -0.821. The minimum Gasteiger partial charge on any atom is -0.459 e. The summed E-state index contributed by atoms with van der Waals surface area (Å²) in [5.41, 5.74) is 1.80. The zero-order valence-corrected chi connectivity index (χ0v) is 18.5. The summed E-state index contributed by atoms with van der Waals surface area (Å²) in [4.78, 5) is 25.5. The van der Waals surface area contributed by atoms with Crippen molar-refractivity contribution in [3.63, 3.8) is 0 Å². The summed E-state index contributed by atoms with van der Waals surface area (Å²) < 4.78 is 6.06. The van der Waals surface area contributed by atoms with Gasteiger partial charge in [-0.1, -0.05) is 69.7 Å². The Morgan fingerprint density at radius 3 is 2.61 bits per heavy atom. The van der Waals surface area contributed by atoms with E-state index >= 15 is 0 Å². The van der Waals surface area contributed by atoms with Crippen molar-refractivity contribution in [3.8, 4) is 10.6 Å². The molecule has 2 aromatic carbocycles. The highest BCUT2D eigenvalue weighted by atomic mass is 79.9. The molecule has 31 heavy (non-hydrogen) atoms. The summed E-state index contributed by atoms with van der Waals surface area (Å²) in [6, 6.07) is 19.5. The van der Waals surface area contributed by atoms with E-state index in [-0.39, 0.29) is 11.7 Å². The number of nitrogens with zero attached hydrogens (tertiary/aromatic N) is 2. The first-order valence-corrected chi connectivity index (χ1v) is 11.0. The lowest BCUT2D eigenvalue weighted by Gasteiger charge is -2.17. The first-order valence-electron chi connectivity index (χ1n) is 9.37. The summed E-state index contributed by atoms with van der Waals surface area (Å²) in [7, 11) is 0. The fourth-order valence-corrected chi connectivity index (χ4v) is 4.04. The van der Waals surface area contributed by atoms with Crippen LogP contribution >= 0.6 is 27.3 Å². The van der Waals surface area contributed by atoms with Crippen LogP contribution in [-0.2, 0) is 11.2 Å². The maximum Gasteiger partial charge on any atom is 0.287 e. The lowest BCUT2D eigenvalue weighted by atomic mass is 10.1.